The largest absolute Gasteiger partial charge is 0.393 e. The van der Waals surface area contributed by atoms with Gasteiger partial charge in [-0.1, -0.05) is 13.8 Å². The standard InChI is InChI=1S/C18H26N2O3/c1-12(2)10-17(22)19-16-5-4-14(11-13(16)3)18(23)20-8-6-15(21)7-9-20/h4-5,11-12,15,21H,6-10H2,1-3H3,(H,19,22). The normalized spacial score (nSPS) is 15.8. The minimum atomic E-state index is -0.292. The van der Waals surface area contributed by atoms with Crippen molar-refractivity contribution >= 4 is 17.5 Å². The van der Waals surface area contributed by atoms with Gasteiger partial charge in [-0.05, 0) is 49.4 Å². The quantitative estimate of drug-likeness (QED) is 0.896. The van der Waals surface area contributed by atoms with Crippen LogP contribution in [0.2, 0.25) is 0 Å². The summed E-state index contributed by atoms with van der Waals surface area (Å²) in [6.45, 7) is 7.08. The number of likely N-dealkylation sites (tertiary alicyclic amines) is 1. The monoisotopic (exact) mass is 318 g/mol. The molecule has 2 rings (SSSR count). The van der Waals surface area contributed by atoms with Crippen LogP contribution < -0.4 is 5.32 Å². The molecule has 0 aromatic heterocycles. The van der Waals surface area contributed by atoms with Gasteiger partial charge < -0.3 is 15.3 Å². The van der Waals surface area contributed by atoms with Crippen LogP contribution in [0.4, 0.5) is 5.69 Å². The van der Waals surface area contributed by atoms with Crippen molar-refractivity contribution in [3.8, 4) is 0 Å². The van der Waals surface area contributed by atoms with E-state index in [0.29, 0.717) is 43.8 Å². The maximum absolute atomic E-state index is 12.5. The number of piperidine rings is 1. The fraction of sp³-hybridized carbons (Fsp3) is 0.556. The highest BCUT2D eigenvalue weighted by atomic mass is 16.3. The number of aliphatic hydroxyl groups excluding tert-OH is 1. The van der Waals surface area contributed by atoms with Gasteiger partial charge in [-0.3, -0.25) is 9.59 Å². The highest BCUT2D eigenvalue weighted by Crippen LogP contribution is 2.20. The van der Waals surface area contributed by atoms with Crippen LogP contribution >= 0.6 is 0 Å². The SMILES string of the molecule is Cc1cc(C(=O)N2CCC(O)CC2)ccc1NC(=O)CC(C)C. The Hall–Kier alpha value is -1.88. The molecular weight excluding hydrogens is 292 g/mol. The zero-order valence-electron chi connectivity index (χ0n) is 14.1. The summed E-state index contributed by atoms with van der Waals surface area (Å²) in [5.74, 6) is 0.290. The Morgan fingerprint density at radius 2 is 1.96 bits per heavy atom. The Kier molecular flexibility index (Phi) is 5.77. The average molecular weight is 318 g/mol. The van der Waals surface area contributed by atoms with E-state index < -0.39 is 0 Å². The first-order chi connectivity index (χ1) is 10.9. The van der Waals surface area contributed by atoms with Crippen molar-refractivity contribution in [2.75, 3.05) is 18.4 Å². The number of aliphatic hydroxyl groups is 1. The minimum Gasteiger partial charge on any atom is -0.393 e. The van der Waals surface area contributed by atoms with E-state index in [-0.39, 0.29) is 17.9 Å². The Balaban J connectivity index is 2.03. The molecule has 1 saturated heterocycles. The van der Waals surface area contributed by atoms with Crippen LogP contribution in [0, 0.1) is 12.8 Å². The first kappa shape index (κ1) is 17.5. The second-order valence-corrected chi connectivity index (χ2v) is 6.70. The van der Waals surface area contributed by atoms with Crippen LogP contribution in [-0.2, 0) is 4.79 Å². The second-order valence-electron chi connectivity index (χ2n) is 6.70. The molecule has 0 atom stereocenters. The molecule has 1 aliphatic rings. The molecular formula is C18H26N2O3. The summed E-state index contributed by atoms with van der Waals surface area (Å²) < 4.78 is 0. The van der Waals surface area contributed by atoms with Crippen molar-refractivity contribution in [2.24, 2.45) is 5.92 Å². The first-order valence-electron chi connectivity index (χ1n) is 8.24. The van der Waals surface area contributed by atoms with E-state index in [4.69, 9.17) is 0 Å². The number of nitrogens with one attached hydrogen (secondary N) is 1. The van der Waals surface area contributed by atoms with Crippen LogP contribution in [0.1, 0.15) is 49.0 Å². The predicted octanol–water partition coefficient (Wildman–Crippen LogP) is 2.58. The molecule has 2 N–H and O–H groups in total. The van der Waals surface area contributed by atoms with Crippen molar-refractivity contribution in [2.45, 2.75) is 46.1 Å². The maximum Gasteiger partial charge on any atom is 0.253 e. The molecule has 5 heteroatoms. The third kappa shape index (κ3) is 4.79. The van der Waals surface area contributed by atoms with Crippen LogP contribution in [0.25, 0.3) is 0 Å². The first-order valence-corrected chi connectivity index (χ1v) is 8.24. The summed E-state index contributed by atoms with van der Waals surface area (Å²) in [4.78, 5) is 26.1. The summed E-state index contributed by atoms with van der Waals surface area (Å²) in [6, 6.07) is 5.36. The Morgan fingerprint density at radius 1 is 1.30 bits per heavy atom. The lowest BCUT2D eigenvalue weighted by atomic mass is 10.0. The smallest absolute Gasteiger partial charge is 0.253 e. The van der Waals surface area contributed by atoms with Gasteiger partial charge in [-0.15, -0.1) is 0 Å². The van der Waals surface area contributed by atoms with Gasteiger partial charge in [-0.25, -0.2) is 0 Å². The van der Waals surface area contributed by atoms with E-state index in [0.717, 1.165) is 11.3 Å². The minimum absolute atomic E-state index is 0.00723. The number of anilines is 1. The van der Waals surface area contributed by atoms with Crippen LogP contribution in [0.5, 0.6) is 0 Å². The third-order valence-corrected chi connectivity index (χ3v) is 4.09. The van der Waals surface area contributed by atoms with Crippen LogP contribution in [0.3, 0.4) is 0 Å². The lowest BCUT2D eigenvalue weighted by Gasteiger charge is -2.29. The number of carbonyl (C=O) groups excluding carboxylic acids is 2. The van der Waals surface area contributed by atoms with Gasteiger partial charge in [0.05, 0.1) is 6.10 Å². The van der Waals surface area contributed by atoms with E-state index in [9.17, 15) is 14.7 Å². The number of carbonyl (C=O) groups is 2. The summed E-state index contributed by atoms with van der Waals surface area (Å²) in [5, 5.41) is 12.4. The highest BCUT2D eigenvalue weighted by Gasteiger charge is 2.22. The third-order valence-electron chi connectivity index (χ3n) is 4.09. The molecule has 23 heavy (non-hydrogen) atoms. The van der Waals surface area contributed by atoms with E-state index >= 15 is 0 Å². The molecule has 1 aromatic rings. The molecule has 1 heterocycles. The molecule has 0 aliphatic carbocycles. The Morgan fingerprint density at radius 3 is 2.52 bits per heavy atom. The van der Waals surface area contributed by atoms with Gasteiger partial charge in [0.2, 0.25) is 5.91 Å². The van der Waals surface area contributed by atoms with Crippen LogP contribution in [0.15, 0.2) is 18.2 Å². The van der Waals surface area contributed by atoms with Gasteiger partial charge in [-0.2, -0.15) is 0 Å². The van der Waals surface area contributed by atoms with Gasteiger partial charge in [0, 0.05) is 30.8 Å². The number of nitrogens with zero attached hydrogens (tertiary/aromatic N) is 1. The van der Waals surface area contributed by atoms with Crippen LogP contribution in [-0.4, -0.2) is 41.0 Å². The van der Waals surface area contributed by atoms with Gasteiger partial charge >= 0.3 is 0 Å². The zero-order chi connectivity index (χ0) is 17.0. The van der Waals surface area contributed by atoms with Crippen molar-refractivity contribution in [3.05, 3.63) is 29.3 Å². The number of hydrogen-bond donors (Lipinski definition) is 2. The molecule has 5 nitrogen and oxygen atoms in total. The van der Waals surface area contributed by atoms with Gasteiger partial charge in [0.25, 0.3) is 5.91 Å². The summed E-state index contributed by atoms with van der Waals surface area (Å²) in [5.41, 5.74) is 2.26. The molecule has 0 saturated carbocycles. The number of amides is 2. The maximum atomic E-state index is 12.5. The van der Waals surface area contributed by atoms with Gasteiger partial charge in [0.15, 0.2) is 0 Å². The number of rotatable bonds is 4. The van der Waals surface area contributed by atoms with Gasteiger partial charge in [0.1, 0.15) is 0 Å². The zero-order valence-corrected chi connectivity index (χ0v) is 14.1. The number of aryl methyl sites for hydroxylation is 1. The molecule has 1 aromatic carbocycles. The fourth-order valence-electron chi connectivity index (χ4n) is 2.76. The molecule has 0 bridgehead atoms. The van der Waals surface area contributed by atoms with Crippen molar-refractivity contribution in [1.82, 2.24) is 4.90 Å². The van der Waals surface area contributed by atoms with E-state index in [2.05, 4.69) is 5.32 Å². The lowest BCUT2D eigenvalue weighted by molar-refractivity contribution is -0.116. The average Bonchev–Trinajstić information content (AvgIpc) is 2.48. The number of hydrogen-bond acceptors (Lipinski definition) is 3. The Labute approximate surface area is 137 Å². The summed E-state index contributed by atoms with van der Waals surface area (Å²) >= 11 is 0. The molecule has 0 unspecified atom stereocenters. The topological polar surface area (TPSA) is 69.6 Å². The van der Waals surface area contributed by atoms with E-state index in [1.807, 2.05) is 26.8 Å². The number of benzene rings is 1. The summed E-state index contributed by atoms with van der Waals surface area (Å²) in [7, 11) is 0. The highest BCUT2D eigenvalue weighted by molar-refractivity contribution is 5.96. The second kappa shape index (κ2) is 7.59. The Bertz CT molecular complexity index is 576. The molecule has 0 radical (unpaired) electrons. The molecule has 1 fully saturated rings. The van der Waals surface area contributed by atoms with Crippen molar-refractivity contribution < 1.29 is 14.7 Å². The molecule has 1 aliphatic heterocycles. The van der Waals surface area contributed by atoms with Crippen molar-refractivity contribution in [1.29, 1.82) is 0 Å². The predicted molar refractivity (Wildman–Crippen MR) is 90.4 cm³/mol. The lowest BCUT2D eigenvalue weighted by Crippen LogP contribution is -2.40. The van der Waals surface area contributed by atoms with E-state index in [1.54, 1.807) is 17.0 Å². The fourth-order valence-corrected chi connectivity index (χ4v) is 2.76. The molecule has 0 spiro atoms. The summed E-state index contributed by atoms with van der Waals surface area (Å²) in [6.07, 6.45) is 1.46. The molecule has 126 valence electrons. The van der Waals surface area contributed by atoms with E-state index in [1.165, 1.54) is 0 Å². The van der Waals surface area contributed by atoms with Crippen molar-refractivity contribution in [3.63, 3.8) is 0 Å². The molecule has 2 amide bonds.